The third-order valence-electron chi connectivity index (χ3n) is 6.46. The van der Waals surface area contributed by atoms with Crippen molar-refractivity contribution in [3.8, 4) is 0 Å². The molecular weight excluding hydrogens is 454 g/mol. The molecule has 0 radical (unpaired) electrons. The van der Waals surface area contributed by atoms with Crippen molar-refractivity contribution in [2.24, 2.45) is 5.92 Å². The van der Waals surface area contributed by atoms with Crippen LogP contribution in [0, 0.1) is 19.8 Å². The number of hydrogen-bond donors (Lipinski definition) is 2. The Hall–Kier alpha value is -2.57. The highest BCUT2D eigenvalue weighted by atomic mass is 16.6. The molecule has 1 aliphatic rings. The van der Waals surface area contributed by atoms with Crippen molar-refractivity contribution in [2.45, 2.75) is 124 Å². The summed E-state index contributed by atoms with van der Waals surface area (Å²) in [5.74, 6) is -0.598. The molecule has 0 saturated heterocycles. The monoisotopic (exact) mass is 501 g/mol. The molecule has 0 bridgehead atoms. The first-order chi connectivity index (χ1) is 16.5. The normalized spacial score (nSPS) is 16.8. The molecular formula is C29H47N3O4. The Balaban J connectivity index is 2.57. The van der Waals surface area contributed by atoms with Gasteiger partial charge in [0.25, 0.3) is 0 Å². The zero-order valence-electron chi connectivity index (χ0n) is 24.0. The summed E-state index contributed by atoms with van der Waals surface area (Å²) < 4.78 is 5.48. The lowest BCUT2D eigenvalue weighted by Crippen LogP contribution is -2.60. The van der Waals surface area contributed by atoms with Gasteiger partial charge in [-0.2, -0.15) is 0 Å². The van der Waals surface area contributed by atoms with E-state index in [0.29, 0.717) is 6.42 Å². The molecule has 1 fully saturated rings. The molecule has 3 amide bonds. The molecule has 202 valence electrons. The first-order valence-corrected chi connectivity index (χ1v) is 13.2. The fourth-order valence-electron chi connectivity index (χ4n) is 4.51. The lowest BCUT2D eigenvalue weighted by atomic mass is 9.86. The van der Waals surface area contributed by atoms with Crippen LogP contribution in [-0.4, -0.2) is 46.0 Å². The van der Waals surface area contributed by atoms with Gasteiger partial charge in [-0.05, 0) is 86.1 Å². The lowest BCUT2D eigenvalue weighted by Gasteiger charge is -2.45. The van der Waals surface area contributed by atoms with Crippen LogP contribution >= 0.6 is 0 Å². The van der Waals surface area contributed by atoms with Gasteiger partial charge in [-0.1, -0.05) is 49.6 Å². The summed E-state index contributed by atoms with van der Waals surface area (Å²) in [5.41, 5.74) is 1.70. The van der Waals surface area contributed by atoms with E-state index in [9.17, 15) is 14.4 Å². The fraction of sp³-hybridized carbons (Fsp3) is 0.690. The first-order valence-electron chi connectivity index (χ1n) is 13.2. The lowest BCUT2D eigenvalue weighted by molar-refractivity contribution is -0.149. The maximum atomic E-state index is 14.3. The van der Waals surface area contributed by atoms with Crippen molar-refractivity contribution < 1.29 is 19.1 Å². The van der Waals surface area contributed by atoms with E-state index < -0.39 is 29.3 Å². The van der Waals surface area contributed by atoms with Crippen molar-refractivity contribution in [1.29, 1.82) is 0 Å². The molecule has 7 nitrogen and oxygen atoms in total. The number of alkyl carbamates (subject to hydrolysis) is 1. The number of carbonyl (C=O) groups excluding carboxylic acids is 3. The van der Waals surface area contributed by atoms with Gasteiger partial charge in [0.2, 0.25) is 11.8 Å². The Labute approximate surface area is 217 Å². The summed E-state index contributed by atoms with van der Waals surface area (Å²) in [7, 11) is 0. The number of benzene rings is 1. The standard InChI is InChI=1S/C29H47N3O4/c1-11-20(4)23(30-27(35)36-29(8,9)10)26(34)32(22-13-12-14-22)24(25(33)31-28(5,6)7)21-16-18(2)15-19(3)17-21/h15-17,20,22-24H,11-14H2,1-10H3,(H,30,35)(H,31,33). The van der Waals surface area contributed by atoms with Crippen molar-refractivity contribution in [1.82, 2.24) is 15.5 Å². The molecule has 0 aliphatic heterocycles. The molecule has 36 heavy (non-hydrogen) atoms. The van der Waals surface area contributed by atoms with Crippen LogP contribution < -0.4 is 10.6 Å². The Kier molecular flexibility index (Phi) is 9.60. The van der Waals surface area contributed by atoms with Crippen LogP contribution in [0.25, 0.3) is 0 Å². The van der Waals surface area contributed by atoms with E-state index in [1.54, 1.807) is 25.7 Å². The minimum absolute atomic E-state index is 0.0685. The van der Waals surface area contributed by atoms with Crippen LogP contribution in [-0.2, 0) is 14.3 Å². The van der Waals surface area contributed by atoms with Gasteiger partial charge in [0.1, 0.15) is 17.7 Å². The van der Waals surface area contributed by atoms with Gasteiger partial charge in [-0.3, -0.25) is 9.59 Å². The predicted octanol–water partition coefficient (Wildman–Crippen LogP) is 5.58. The van der Waals surface area contributed by atoms with Crippen LogP contribution in [0.1, 0.15) is 104 Å². The molecule has 0 heterocycles. The molecule has 0 spiro atoms. The Morgan fingerprint density at radius 3 is 2.00 bits per heavy atom. The summed E-state index contributed by atoms with van der Waals surface area (Å²) in [6, 6.07) is 4.36. The number of nitrogens with zero attached hydrogens (tertiary/aromatic N) is 1. The van der Waals surface area contributed by atoms with Crippen molar-refractivity contribution in [2.75, 3.05) is 0 Å². The van der Waals surface area contributed by atoms with Crippen molar-refractivity contribution in [3.63, 3.8) is 0 Å². The van der Waals surface area contributed by atoms with Gasteiger partial charge in [0.05, 0.1) is 0 Å². The molecule has 1 aliphatic carbocycles. The van der Waals surface area contributed by atoms with E-state index in [0.717, 1.165) is 36.0 Å². The topological polar surface area (TPSA) is 87.7 Å². The van der Waals surface area contributed by atoms with Gasteiger partial charge < -0.3 is 20.3 Å². The molecule has 7 heteroatoms. The molecule has 3 unspecified atom stereocenters. The van der Waals surface area contributed by atoms with E-state index >= 15 is 0 Å². The van der Waals surface area contributed by atoms with Crippen LogP contribution in [0.5, 0.6) is 0 Å². The minimum Gasteiger partial charge on any atom is -0.444 e. The number of rotatable bonds is 8. The minimum atomic E-state index is -0.804. The maximum Gasteiger partial charge on any atom is 0.408 e. The maximum absolute atomic E-state index is 14.3. The van der Waals surface area contributed by atoms with E-state index in [4.69, 9.17) is 4.74 Å². The fourth-order valence-corrected chi connectivity index (χ4v) is 4.51. The highest BCUT2D eigenvalue weighted by Crippen LogP contribution is 2.35. The van der Waals surface area contributed by atoms with E-state index in [1.165, 1.54) is 0 Å². The van der Waals surface area contributed by atoms with Crippen molar-refractivity contribution in [3.05, 3.63) is 34.9 Å². The van der Waals surface area contributed by atoms with Crippen molar-refractivity contribution >= 4 is 17.9 Å². The number of amides is 3. The largest absolute Gasteiger partial charge is 0.444 e. The number of aryl methyl sites for hydroxylation is 2. The summed E-state index contributed by atoms with van der Waals surface area (Å²) in [6.45, 7) is 19.1. The molecule has 2 rings (SSSR count). The van der Waals surface area contributed by atoms with E-state index in [-0.39, 0.29) is 23.8 Å². The second-order valence-corrected chi connectivity index (χ2v) is 12.4. The average Bonchev–Trinajstić information content (AvgIpc) is 2.65. The average molecular weight is 502 g/mol. The van der Waals surface area contributed by atoms with Gasteiger partial charge >= 0.3 is 6.09 Å². The highest BCUT2D eigenvalue weighted by Gasteiger charge is 2.43. The third kappa shape index (κ3) is 8.24. The van der Waals surface area contributed by atoms with Crippen LogP contribution in [0.3, 0.4) is 0 Å². The summed E-state index contributed by atoms with van der Waals surface area (Å²) >= 11 is 0. The quantitative estimate of drug-likeness (QED) is 0.487. The molecule has 2 N–H and O–H groups in total. The van der Waals surface area contributed by atoms with Gasteiger partial charge in [0, 0.05) is 11.6 Å². The van der Waals surface area contributed by atoms with Gasteiger partial charge in [-0.25, -0.2) is 4.79 Å². The smallest absolute Gasteiger partial charge is 0.408 e. The number of hydrogen-bond acceptors (Lipinski definition) is 4. The zero-order chi connectivity index (χ0) is 27.4. The SMILES string of the molecule is CCC(C)C(NC(=O)OC(C)(C)C)C(=O)N(C1CCC1)C(C(=O)NC(C)(C)C)c1cc(C)cc(C)c1. The highest BCUT2D eigenvalue weighted by molar-refractivity contribution is 5.93. The van der Waals surface area contributed by atoms with Gasteiger partial charge in [0.15, 0.2) is 0 Å². The van der Waals surface area contributed by atoms with Crippen LogP contribution in [0.15, 0.2) is 18.2 Å². The molecule has 1 aromatic rings. The molecule has 0 aromatic heterocycles. The predicted molar refractivity (Wildman–Crippen MR) is 144 cm³/mol. The van der Waals surface area contributed by atoms with Crippen LogP contribution in [0.2, 0.25) is 0 Å². The summed E-state index contributed by atoms with van der Waals surface area (Å²) in [5, 5.41) is 5.94. The second kappa shape index (κ2) is 11.7. The van der Waals surface area contributed by atoms with Gasteiger partial charge in [-0.15, -0.1) is 0 Å². The molecule has 1 saturated carbocycles. The Morgan fingerprint density at radius 2 is 1.58 bits per heavy atom. The number of ether oxygens (including phenoxy) is 1. The van der Waals surface area contributed by atoms with Crippen LogP contribution in [0.4, 0.5) is 4.79 Å². The number of nitrogens with one attached hydrogen (secondary N) is 2. The Morgan fingerprint density at radius 1 is 1.03 bits per heavy atom. The summed E-state index contributed by atoms with van der Waals surface area (Å²) in [6.07, 6.45) is 2.72. The third-order valence-corrected chi connectivity index (χ3v) is 6.46. The van der Waals surface area contributed by atoms with E-state index in [2.05, 4.69) is 16.7 Å². The molecule has 3 atom stereocenters. The number of carbonyl (C=O) groups is 3. The Bertz CT molecular complexity index is 921. The second-order valence-electron chi connectivity index (χ2n) is 12.4. The zero-order valence-corrected chi connectivity index (χ0v) is 24.0. The van der Waals surface area contributed by atoms with E-state index in [1.807, 2.05) is 60.6 Å². The molecule has 1 aromatic carbocycles. The first kappa shape index (κ1) is 29.7. The summed E-state index contributed by atoms with van der Waals surface area (Å²) in [4.78, 5) is 42.6.